The summed E-state index contributed by atoms with van der Waals surface area (Å²) in [5, 5.41) is 12.5. The molecule has 2 aromatic rings. The van der Waals surface area contributed by atoms with Crippen molar-refractivity contribution in [2.75, 3.05) is 36.8 Å². The molecule has 2 aromatic heterocycles. The van der Waals surface area contributed by atoms with Crippen LogP contribution in [0.2, 0.25) is 0 Å². The van der Waals surface area contributed by atoms with Gasteiger partial charge in [-0.2, -0.15) is 9.40 Å². The van der Waals surface area contributed by atoms with Crippen molar-refractivity contribution in [1.29, 1.82) is 0 Å². The predicted octanol–water partition coefficient (Wildman–Crippen LogP) is 0.914. The number of nitrogens with zero attached hydrogens (tertiary/aromatic N) is 6. The van der Waals surface area contributed by atoms with Gasteiger partial charge in [0, 0.05) is 38.6 Å². The lowest BCUT2D eigenvalue weighted by Gasteiger charge is -2.34. The largest absolute Gasteiger partial charge is 0.352 e. The van der Waals surface area contributed by atoms with Crippen molar-refractivity contribution in [3.8, 4) is 5.82 Å². The second kappa shape index (κ2) is 7.27. The quantitative estimate of drug-likeness (QED) is 0.770. The van der Waals surface area contributed by atoms with E-state index in [1.54, 1.807) is 15.2 Å². The van der Waals surface area contributed by atoms with E-state index < -0.39 is 10.0 Å². The first-order valence-corrected chi connectivity index (χ1v) is 9.77. The SMILES string of the molecule is CCCCS(=O)(=O)N1CCN(c2ccc(-n3cccn3)nn2)CC1. The van der Waals surface area contributed by atoms with Crippen LogP contribution in [0.5, 0.6) is 0 Å². The second-order valence-corrected chi connectivity index (χ2v) is 7.84. The number of sulfonamides is 1. The van der Waals surface area contributed by atoms with Crippen LogP contribution >= 0.6 is 0 Å². The van der Waals surface area contributed by atoms with Crippen molar-refractivity contribution < 1.29 is 8.42 Å². The molecule has 1 aliphatic rings. The molecule has 0 aliphatic carbocycles. The van der Waals surface area contributed by atoms with E-state index in [0.717, 1.165) is 12.2 Å². The summed E-state index contributed by atoms with van der Waals surface area (Å²) in [6, 6.07) is 5.58. The molecule has 8 nitrogen and oxygen atoms in total. The van der Waals surface area contributed by atoms with Crippen molar-refractivity contribution in [2.24, 2.45) is 0 Å². The number of rotatable bonds is 6. The van der Waals surface area contributed by atoms with E-state index in [0.29, 0.717) is 38.4 Å². The Kier molecular flexibility index (Phi) is 5.10. The molecular weight excluding hydrogens is 328 g/mol. The number of hydrogen-bond donors (Lipinski definition) is 0. The summed E-state index contributed by atoms with van der Waals surface area (Å²) < 4.78 is 27.7. The molecule has 0 atom stereocenters. The molecule has 0 amide bonds. The zero-order valence-corrected chi connectivity index (χ0v) is 14.6. The maximum Gasteiger partial charge on any atom is 0.214 e. The fourth-order valence-corrected chi connectivity index (χ4v) is 4.30. The Bertz CT molecular complexity index is 737. The first kappa shape index (κ1) is 16.8. The fourth-order valence-electron chi connectivity index (χ4n) is 2.66. The highest BCUT2D eigenvalue weighted by molar-refractivity contribution is 7.89. The molecular formula is C15H22N6O2S. The van der Waals surface area contributed by atoms with Crippen LogP contribution in [0.3, 0.4) is 0 Å². The lowest BCUT2D eigenvalue weighted by Crippen LogP contribution is -2.49. The molecule has 0 bridgehead atoms. The van der Waals surface area contributed by atoms with Gasteiger partial charge >= 0.3 is 0 Å². The molecule has 3 rings (SSSR count). The number of unbranched alkanes of at least 4 members (excludes halogenated alkanes) is 1. The molecule has 130 valence electrons. The third kappa shape index (κ3) is 3.73. The van der Waals surface area contributed by atoms with Crippen molar-refractivity contribution in [3.05, 3.63) is 30.6 Å². The lowest BCUT2D eigenvalue weighted by atomic mass is 10.3. The number of anilines is 1. The van der Waals surface area contributed by atoms with E-state index >= 15 is 0 Å². The minimum absolute atomic E-state index is 0.238. The first-order chi connectivity index (χ1) is 11.6. The van der Waals surface area contributed by atoms with Gasteiger partial charge in [-0.1, -0.05) is 13.3 Å². The second-order valence-electron chi connectivity index (χ2n) is 5.76. The van der Waals surface area contributed by atoms with Gasteiger partial charge in [0.25, 0.3) is 0 Å². The Morgan fingerprint density at radius 2 is 1.79 bits per heavy atom. The van der Waals surface area contributed by atoms with Gasteiger partial charge < -0.3 is 4.90 Å². The van der Waals surface area contributed by atoms with Gasteiger partial charge in [0.1, 0.15) is 0 Å². The summed E-state index contributed by atoms with van der Waals surface area (Å²) in [6.07, 6.45) is 5.09. The Balaban J connectivity index is 1.60. The molecule has 1 saturated heterocycles. The highest BCUT2D eigenvalue weighted by Crippen LogP contribution is 2.16. The molecule has 0 aromatic carbocycles. The molecule has 1 fully saturated rings. The maximum atomic E-state index is 12.2. The smallest absolute Gasteiger partial charge is 0.214 e. The topological polar surface area (TPSA) is 84.2 Å². The number of piperazine rings is 1. The van der Waals surface area contributed by atoms with Crippen LogP contribution in [-0.4, -0.2) is 64.6 Å². The van der Waals surface area contributed by atoms with Crippen LogP contribution in [0.15, 0.2) is 30.6 Å². The molecule has 9 heteroatoms. The van der Waals surface area contributed by atoms with E-state index in [1.807, 2.05) is 31.3 Å². The molecule has 24 heavy (non-hydrogen) atoms. The molecule has 0 radical (unpaired) electrons. The van der Waals surface area contributed by atoms with Gasteiger partial charge in [0.2, 0.25) is 10.0 Å². The molecule has 0 unspecified atom stereocenters. The number of aromatic nitrogens is 4. The van der Waals surface area contributed by atoms with Gasteiger partial charge in [-0.15, -0.1) is 10.2 Å². The predicted molar refractivity (Wildman–Crippen MR) is 91.6 cm³/mol. The minimum Gasteiger partial charge on any atom is -0.352 e. The van der Waals surface area contributed by atoms with Crippen LogP contribution in [0.1, 0.15) is 19.8 Å². The molecule has 0 N–H and O–H groups in total. The lowest BCUT2D eigenvalue weighted by molar-refractivity contribution is 0.383. The van der Waals surface area contributed by atoms with Crippen molar-refractivity contribution in [2.45, 2.75) is 19.8 Å². The van der Waals surface area contributed by atoms with E-state index in [9.17, 15) is 8.42 Å². The summed E-state index contributed by atoms with van der Waals surface area (Å²) in [6.45, 7) is 4.24. The molecule has 0 spiro atoms. The zero-order valence-electron chi connectivity index (χ0n) is 13.7. The molecule has 0 saturated carbocycles. The average molecular weight is 350 g/mol. The van der Waals surface area contributed by atoms with Gasteiger partial charge in [-0.25, -0.2) is 13.1 Å². The standard InChI is InChI=1S/C15H22N6O2S/c1-2-3-13-24(22,23)20-11-9-19(10-12-20)14-5-6-15(18-17-14)21-8-4-7-16-21/h4-8H,2-3,9-13H2,1H3. The zero-order chi connectivity index (χ0) is 17.0. The Labute approximate surface area is 142 Å². The Morgan fingerprint density at radius 3 is 2.38 bits per heavy atom. The van der Waals surface area contributed by atoms with Gasteiger partial charge in [-0.05, 0) is 24.6 Å². The highest BCUT2D eigenvalue weighted by atomic mass is 32.2. The minimum atomic E-state index is -3.13. The first-order valence-electron chi connectivity index (χ1n) is 8.16. The summed E-state index contributed by atoms with van der Waals surface area (Å²) in [7, 11) is -3.13. The number of hydrogen-bond acceptors (Lipinski definition) is 6. The summed E-state index contributed by atoms with van der Waals surface area (Å²) in [5.41, 5.74) is 0. The van der Waals surface area contributed by atoms with Crippen LogP contribution in [0, 0.1) is 0 Å². The van der Waals surface area contributed by atoms with Crippen molar-refractivity contribution in [1.82, 2.24) is 24.3 Å². The highest BCUT2D eigenvalue weighted by Gasteiger charge is 2.26. The van der Waals surface area contributed by atoms with Gasteiger partial charge in [-0.3, -0.25) is 0 Å². The third-order valence-electron chi connectivity index (χ3n) is 4.09. The van der Waals surface area contributed by atoms with Gasteiger partial charge in [0.05, 0.1) is 5.75 Å². The Morgan fingerprint density at radius 1 is 1.08 bits per heavy atom. The van der Waals surface area contributed by atoms with E-state index in [1.165, 1.54) is 0 Å². The van der Waals surface area contributed by atoms with Crippen molar-refractivity contribution >= 4 is 15.8 Å². The molecule has 1 aliphatic heterocycles. The van der Waals surface area contributed by atoms with Crippen LogP contribution in [-0.2, 0) is 10.0 Å². The maximum absolute atomic E-state index is 12.2. The summed E-state index contributed by atoms with van der Waals surface area (Å²) in [5.74, 6) is 1.66. The van der Waals surface area contributed by atoms with E-state index in [4.69, 9.17) is 0 Å². The van der Waals surface area contributed by atoms with E-state index in [-0.39, 0.29) is 5.75 Å². The van der Waals surface area contributed by atoms with Crippen LogP contribution in [0.25, 0.3) is 5.82 Å². The van der Waals surface area contributed by atoms with Crippen LogP contribution < -0.4 is 4.90 Å². The van der Waals surface area contributed by atoms with Gasteiger partial charge in [0.15, 0.2) is 11.6 Å². The normalized spacial score (nSPS) is 16.5. The summed E-state index contributed by atoms with van der Waals surface area (Å²) in [4.78, 5) is 2.06. The van der Waals surface area contributed by atoms with E-state index in [2.05, 4.69) is 20.2 Å². The Hall–Kier alpha value is -2.00. The fraction of sp³-hybridized carbons (Fsp3) is 0.533. The van der Waals surface area contributed by atoms with Crippen LogP contribution in [0.4, 0.5) is 5.82 Å². The average Bonchev–Trinajstić information content (AvgIpc) is 3.15. The monoisotopic (exact) mass is 350 g/mol. The van der Waals surface area contributed by atoms with Crippen molar-refractivity contribution in [3.63, 3.8) is 0 Å². The molecule has 3 heterocycles. The third-order valence-corrected chi connectivity index (χ3v) is 6.04. The summed E-state index contributed by atoms with van der Waals surface area (Å²) >= 11 is 0.